The van der Waals surface area contributed by atoms with Crippen LogP contribution in [0.3, 0.4) is 0 Å². The summed E-state index contributed by atoms with van der Waals surface area (Å²) >= 11 is 0. The molecule has 270 valence electrons. The zero-order valence-corrected chi connectivity index (χ0v) is 29.8. The fourth-order valence-corrected chi connectivity index (χ4v) is 6.11. The lowest BCUT2D eigenvalue weighted by Crippen LogP contribution is -2.21. The minimum absolute atomic E-state index is 0.0993. The maximum absolute atomic E-state index is 9.73. The molecular formula is C41H46O10. The minimum atomic E-state index is -1.02. The third kappa shape index (κ3) is 8.16. The van der Waals surface area contributed by atoms with Crippen LogP contribution >= 0.6 is 0 Å². The molecule has 0 aromatic heterocycles. The number of fused-ring (bicyclic) bond motifs is 3. The van der Waals surface area contributed by atoms with Crippen LogP contribution in [0, 0.1) is 0 Å². The standard InChI is InChI=1S/C41H46O10/c1-41(2)33-15-25(7-9-27-17-35(46-3)39(36(18-27)47-4)50-23-29(44)21-42)11-13-31(33)32-14-12-26(16-34(32)41)8-10-28-19-37(48-5)40(38(20-28)49-6)51-24-30(45)22-43/h7-20,29-30,42-45H,21-24H2,1-6H3/b9-7+,10-8+. The summed E-state index contributed by atoms with van der Waals surface area (Å²) in [7, 11) is 6.15. The molecule has 0 aliphatic heterocycles. The van der Waals surface area contributed by atoms with Gasteiger partial charge in [-0.25, -0.2) is 0 Å². The molecule has 2 unspecified atom stereocenters. The van der Waals surface area contributed by atoms with Gasteiger partial charge in [-0.3, -0.25) is 0 Å². The molecule has 0 fully saturated rings. The van der Waals surface area contributed by atoms with E-state index in [1.165, 1.54) is 50.7 Å². The number of ether oxygens (including phenoxy) is 6. The molecule has 51 heavy (non-hydrogen) atoms. The van der Waals surface area contributed by atoms with Crippen molar-refractivity contribution in [2.45, 2.75) is 31.5 Å². The number of hydrogen-bond donors (Lipinski definition) is 4. The molecule has 0 bridgehead atoms. The van der Waals surface area contributed by atoms with Crippen molar-refractivity contribution in [1.82, 2.24) is 0 Å². The number of rotatable bonds is 16. The summed E-state index contributed by atoms with van der Waals surface area (Å²) in [6, 6.07) is 20.3. The Hall–Kier alpha value is -5.00. The van der Waals surface area contributed by atoms with E-state index in [2.05, 4.69) is 50.2 Å². The van der Waals surface area contributed by atoms with E-state index in [-0.39, 0.29) is 18.6 Å². The highest BCUT2D eigenvalue weighted by atomic mass is 16.5. The monoisotopic (exact) mass is 698 g/mol. The van der Waals surface area contributed by atoms with E-state index in [0.29, 0.717) is 34.5 Å². The molecule has 0 amide bonds. The predicted molar refractivity (Wildman–Crippen MR) is 198 cm³/mol. The van der Waals surface area contributed by atoms with E-state index in [9.17, 15) is 10.2 Å². The first-order chi connectivity index (χ1) is 24.6. The normalized spacial score (nSPS) is 14.2. The van der Waals surface area contributed by atoms with Crippen molar-refractivity contribution in [2.75, 3.05) is 54.9 Å². The quantitative estimate of drug-likeness (QED) is 0.106. The van der Waals surface area contributed by atoms with Gasteiger partial charge in [0.2, 0.25) is 11.5 Å². The highest BCUT2D eigenvalue weighted by Gasteiger charge is 2.35. The molecular weight excluding hydrogens is 652 g/mol. The molecule has 1 aliphatic rings. The van der Waals surface area contributed by atoms with Crippen LogP contribution in [0.2, 0.25) is 0 Å². The van der Waals surface area contributed by atoms with Crippen molar-refractivity contribution in [3.05, 3.63) is 94.0 Å². The second-order valence-corrected chi connectivity index (χ2v) is 12.7. The summed E-state index contributed by atoms with van der Waals surface area (Å²) in [5.41, 5.74) is 8.40. The first kappa shape index (κ1) is 37.3. The Kier molecular flexibility index (Phi) is 11.9. The highest BCUT2D eigenvalue weighted by molar-refractivity contribution is 5.85. The smallest absolute Gasteiger partial charge is 0.203 e. The third-order valence-electron chi connectivity index (χ3n) is 8.89. The summed E-state index contributed by atoms with van der Waals surface area (Å²) in [4.78, 5) is 0. The molecule has 0 saturated heterocycles. The Balaban J connectivity index is 1.37. The van der Waals surface area contributed by atoms with Crippen molar-refractivity contribution in [3.8, 4) is 45.6 Å². The molecule has 0 radical (unpaired) electrons. The average molecular weight is 699 g/mol. The molecule has 4 N–H and O–H groups in total. The Labute approximate surface area is 298 Å². The van der Waals surface area contributed by atoms with E-state index < -0.39 is 25.4 Å². The van der Waals surface area contributed by atoms with Gasteiger partial charge in [-0.05, 0) is 68.8 Å². The van der Waals surface area contributed by atoms with Crippen LogP contribution in [-0.4, -0.2) is 87.5 Å². The van der Waals surface area contributed by atoms with Gasteiger partial charge in [0.05, 0.1) is 41.7 Å². The van der Waals surface area contributed by atoms with Crippen molar-refractivity contribution >= 4 is 24.3 Å². The fourth-order valence-electron chi connectivity index (χ4n) is 6.11. The number of aliphatic hydroxyl groups is 4. The van der Waals surface area contributed by atoms with Crippen molar-refractivity contribution in [3.63, 3.8) is 0 Å². The summed E-state index contributed by atoms with van der Waals surface area (Å²) < 4.78 is 33.6. The lowest BCUT2D eigenvalue weighted by Gasteiger charge is -2.22. The van der Waals surface area contributed by atoms with E-state index in [0.717, 1.165) is 22.3 Å². The van der Waals surface area contributed by atoms with Crippen LogP contribution in [0.4, 0.5) is 0 Å². The maximum Gasteiger partial charge on any atom is 0.203 e. The Bertz CT molecular complexity index is 1710. The van der Waals surface area contributed by atoms with Crippen molar-refractivity contribution in [1.29, 1.82) is 0 Å². The lowest BCUT2D eigenvalue weighted by atomic mass is 9.81. The molecule has 0 heterocycles. The van der Waals surface area contributed by atoms with Gasteiger partial charge in [-0.15, -0.1) is 0 Å². The maximum atomic E-state index is 9.73. The van der Waals surface area contributed by atoms with Gasteiger partial charge in [-0.1, -0.05) is 74.5 Å². The first-order valence-electron chi connectivity index (χ1n) is 16.6. The van der Waals surface area contributed by atoms with Gasteiger partial charge in [0.15, 0.2) is 23.0 Å². The summed E-state index contributed by atoms with van der Waals surface area (Å²) in [5.74, 6) is 2.52. The zero-order valence-electron chi connectivity index (χ0n) is 29.8. The number of methoxy groups -OCH3 is 4. The first-order valence-corrected chi connectivity index (χ1v) is 16.6. The van der Waals surface area contributed by atoms with E-state index in [1.54, 1.807) is 0 Å². The van der Waals surface area contributed by atoms with Crippen LogP contribution in [0.25, 0.3) is 35.4 Å². The highest BCUT2D eigenvalue weighted by Crippen LogP contribution is 2.49. The van der Waals surface area contributed by atoms with Crippen LogP contribution in [0.15, 0.2) is 60.7 Å². The van der Waals surface area contributed by atoms with Crippen molar-refractivity contribution < 1.29 is 48.8 Å². The zero-order chi connectivity index (χ0) is 36.7. The SMILES string of the molecule is COc1cc(/C=C/c2ccc3c(c2)C(C)(C)c2cc(/C=C/c4cc(OC)c(OCC(O)CO)c(OC)c4)ccc2-3)cc(OC)c1OCC(O)CO. The fraction of sp³-hybridized carbons (Fsp3) is 0.317. The van der Waals surface area contributed by atoms with Crippen LogP contribution in [0.1, 0.15) is 47.2 Å². The molecule has 5 rings (SSSR count). The second-order valence-electron chi connectivity index (χ2n) is 12.7. The van der Waals surface area contributed by atoms with Crippen LogP contribution in [-0.2, 0) is 5.41 Å². The second kappa shape index (κ2) is 16.3. The van der Waals surface area contributed by atoms with Gasteiger partial charge in [0.1, 0.15) is 25.4 Å². The molecule has 0 saturated carbocycles. The summed E-state index contributed by atoms with van der Waals surface area (Å²) in [6.07, 6.45) is 6.03. The average Bonchev–Trinajstić information content (AvgIpc) is 3.38. The molecule has 10 nitrogen and oxygen atoms in total. The summed E-state index contributed by atoms with van der Waals surface area (Å²) in [5, 5.41) is 37.8. The summed E-state index contributed by atoms with van der Waals surface area (Å²) in [6.45, 7) is 3.46. The lowest BCUT2D eigenvalue weighted by molar-refractivity contribution is 0.0518. The predicted octanol–water partition coefficient (Wildman–Crippen LogP) is 5.83. The number of benzene rings is 4. The third-order valence-corrected chi connectivity index (χ3v) is 8.89. The Morgan fingerprint density at radius 2 is 0.863 bits per heavy atom. The molecule has 0 spiro atoms. The van der Waals surface area contributed by atoms with Gasteiger partial charge in [-0.2, -0.15) is 0 Å². The molecule has 4 aromatic carbocycles. The Morgan fingerprint density at radius 1 is 0.529 bits per heavy atom. The van der Waals surface area contributed by atoms with E-state index in [1.807, 2.05) is 48.6 Å². The topological polar surface area (TPSA) is 136 Å². The molecule has 4 aromatic rings. The van der Waals surface area contributed by atoms with E-state index in [4.69, 9.17) is 38.6 Å². The molecule has 2 atom stereocenters. The largest absolute Gasteiger partial charge is 0.493 e. The van der Waals surface area contributed by atoms with Crippen LogP contribution in [0.5, 0.6) is 34.5 Å². The van der Waals surface area contributed by atoms with Crippen molar-refractivity contribution in [2.24, 2.45) is 0 Å². The van der Waals surface area contributed by atoms with Gasteiger partial charge in [0, 0.05) is 5.41 Å². The van der Waals surface area contributed by atoms with E-state index >= 15 is 0 Å². The minimum Gasteiger partial charge on any atom is -0.493 e. The van der Waals surface area contributed by atoms with Crippen LogP contribution < -0.4 is 28.4 Å². The van der Waals surface area contributed by atoms with Gasteiger partial charge in [0.25, 0.3) is 0 Å². The molecule has 1 aliphatic carbocycles. The number of aliphatic hydroxyl groups excluding tert-OH is 4. The van der Waals surface area contributed by atoms with Gasteiger partial charge < -0.3 is 48.8 Å². The molecule has 10 heteroatoms. The Morgan fingerprint density at radius 3 is 1.18 bits per heavy atom. The number of hydrogen-bond acceptors (Lipinski definition) is 10. The van der Waals surface area contributed by atoms with Gasteiger partial charge >= 0.3 is 0 Å².